The van der Waals surface area contributed by atoms with Crippen molar-refractivity contribution in [1.29, 1.82) is 0 Å². The lowest BCUT2D eigenvalue weighted by atomic mass is 10.1. The third-order valence-corrected chi connectivity index (χ3v) is 3.24. The molecule has 0 saturated heterocycles. The SMILES string of the molecule is CC(NCCO)c1cccc(NC(=O)c2ccccc2)c1. The van der Waals surface area contributed by atoms with Gasteiger partial charge in [0.1, 0.15) is 0 Å². The maximum absolute atomic E-state index is 12.1. The molecule has 0 fully saturated rings. The predicted octanol–water partition coefficient (Wildman–Crippen LogP) is 2.58. The van der Waals surface area contributed by atoms with Crippen LogP contribution < -0.4 is 10.6 Å². The smallest absolute Gasteiger partial charge is 0.255 e. The second-order valence-corrected chi connectivity index (χ2v) is 4.85. The fourth-order valence-electron chi connectivity index (χ4n) is 2.08. The number of rotatable bonds is 6. The highest BCUT2D eigenvalue weighted by atomic mass is 16.3. The zero-order chi connectivity index (χ0) is 15.1. The lowest BCUT2D eigenvalue weighted by molar-refractivity contribution is 0.102. The standard InChI is InChI=1S/C17H20N2O2/c1-13(18-10-11-20)15-8-5-9-16(12-15)19-17(21)14-6-3-2-4-7-14/h2-9,12-13,18,20H,10-11H2,1H3,(H,19,21). The quantitative estimate of drug-likeness (QED) is 0.764. The van der Waals surface area contributed by atoms with Crippen molar-refractivity contribution in [2.75, 3.05) is 18.5 Å². The molecule has 4 nitrogen and oxygen atoms in total. The van der Waals surface area contributed by atoms with Gasteiger partial charge in [-0.15, -0.1) is 0 Å². The van der Waals surface area contributed by atoms with Gasteiger partial charge in [0, 0.05) is 23.8 Å². The zero-order valence-electron chi connectivity index (χ0n) is 12.0. The summed E-state index contributed by atoms with van der Waals surface area (Å²) in [6.07, 6.45) is 0. The molecular formula is C17H20N2O2. The molecule has 0 aliphatic heterocycles. The van der Waals surface area contributed by atoms with Gasteiger partial charge in [-0.05, 0) is 36.8 Å². The van der Waals surface area contributed by atoms with Crippen LogP contribution in [0.2, 0.25) is 0 Å². The van der Waals surface area contributed by atoms with E-state index in [0.29, 0.717) is 12.1 Å². The van der Waals surface area contributed by atoms with E-state index >= 15 is 0 Å². The van der Waals surface area contributed by atoms with E-state index in [9.17, 15) is 4.79 Å². The number of benzene rings is 2. The van der Waals surface area contributed by atoms with Crippen LogP contribution >= 0.6 is 0 Å². The average Bonchev–Trinajstić information content (AvgIpc) is 2.53. The molecule has 2 aromatic rings. The van der Waals surface area contributed by atoms with Crippen molar-refractivity contribution in [3.05, 3.63) is 65.7 Å². The summed E-state index contributed by atoms with van der Waals surface area (Å²) in [6.45, 7) is 2.67. The normalized spacial score (nSPS) is 11.9. The van der Waals surface area contributed by atoms with Gasteiger partial charge >= 0.3 is 0 Å². The van der Waals surface area contributed by atoms with Crippen LogP contribution in [0.1, 0.15) is 28.9 Å². The molecule has 1 amide bonds. The van der Waals surface area contributed by atoms with Crippen LogP contribution in [-0.4, -0.2) is 24.2 Å². The highest BCUT2D eigenvalue weighted by Crippen LogP contribution is 2.18. The summed E-state index contributed by atoms with van der Waals surface area (Å²) in [6, 6.07) is 16.9. The molecule has 0 aliphatic carbocycles. The fraction of sp³-hybridized carbons (Fsp3) is 0.235. The summed E-state index contributed by atoms with van der Waals surface area (Å²) < 4.78 is 0. The number of hydrogen-bond donors (Lipinski definition) is 3. The molecule has 0 bridgehead atoms. The van der Waals surface area contributed by atoms with Gasteiger partial charge < -0.3 is 15.7 Å². The van der Waals surface area contributed by atoms with E-state index < -0.39 is 0 Å². The number of anilines is 1. The number of aliphatic hydroxyl groups excluding tert-OH is 1. The van der Waals surface area contributed by atoms with Crippen molar-refractivity contribution < 1.29 is 9.90 Å². The molecule has 110 valence electrons. The molecule has 1 unspecified atom stereocenters. The fourth-order valence-corrected chi connectivity index (χ4v) is 2.08. The lowest BCUT2D eigenvalue weighted by Gasteiger charge is -2.15. The van der Waals surface area contributed by atoms with Crippen molar-refractivity contribution >= 4 is 11.6 Å². The van der Waals surface area contributed by atoms with Gasteiger partial charge in [0.05, 0.1) is 6.61 Å². The Morgan fingerprint density at radius 3 is 2.62 bits per heavy atom. The first-order chi connectivity index (χ1) is 10.2. The maximum Gasteiger partial charge on any atom is 0.255 e. The van der Waals surface area contributed by atoms with E-state index in [1.165, 1.54) is 0 Å². The largest absolute Gasteiger partial charge is 0.395 e. The lowest BCUT2D eigenvalue weighted by Crippen LogP contribution is -2.22. The second-order valence-electron chi connectivity index (χ2n) is 4.85. The van der Waals surface area contributed by atoms with Crippen molar-refractivity contribution in [3.63, 3.8) is 0 Å². The van der Waals surface area contributed by atoms with Crippen LogP contribution in [0.15, 0.2) is 54.6 Å². The van der Waals surface area contributed by atoms with Crippen LogP contribution in [0.4, 0.5) is 5.69 Å². The van der Waals surface area contributed by atoms with Gasteiger partial charge in [0.2, 0.25) is 0 Å². The predicted molar refractivity (Wildman–Crippen MR) is 84.3 cm³/mol. The number of carbonyl (C=O) groups excluding carboxylic acids is 1. The number of hydrogen-bond acceptors (Lipinski definition) is 3. The first kappa shape index (κ1) is 15.2. The van der Waals surface area contributed by atoms with Gasteiger partial charge in [-0.1, -0.05) is 30.3 Å². The molecule has 0 aromatic heterocycles. The Kier molecular flexibility index (Phi) is 5.49. The molecule has 3 N–H and O–H groups in total. The maximum atomic E-state index is 12.1. The molecule has 21 heavy (non-hydrogen) atoms. The Bertz CT molecular complexity index is 584. The van der Waals surface area contributed by atoms with Crippen LogP contribution in [0.5, 0.6) is 0 Å². The monoisotopic (exact) mass is 284 g/mol. The van der Waals surface area contributed by atoms with Crippen LogP contribution in [0.3, 0.4) is 0 Å². The molecular weight excluding hydrogens is 264 g/mol. The van der Waals surface area contributed by atoms with Gasteiger partial charge in [0.25, 0.3) is 5.91 Å². The van der Waals surface area contributed by atoms with E-state index in [4.69, 9.17) is 5.11 Å². The Balaban J connectivity index is 2.06. The minimum atomic E-state index is -0.122. The molecule has 2 rings (SSSR count). The van der Waals surface area contributed by atoms with Gasteiger partial charge in [-0.2, -0.15) is 0 Å². The minimum Gasteiger partial charge on any atom is -0.395 e. The second kappa shape index (κ2) is 7.57. The topological polar surface area (TPSA) is 61.4 Å². The van der Waals surface area contributed by atoms with Crippen molar-refractivity contribution in [1.82, 2.24) is 5.32 Å². The Labute approximate surface area is 124 Å². The average molecular weight is 284 g/mol. The van der Waals surface area contributed by atoms with Gasteiger partial charge in [0.15, 0.2) is 0 Å². The van der Waals surface area contributed by atoms with Gasteiger partial charge in [-0.3, -0.25) is 4.79 Å². The molecule has 0 heterocycles. The third-order valence-electron chi connectivity index (χ3n) is 3.24. The minimum absolute atomic E-state index is 0.106. The summed E-state index contributed by atoms with van der Waals surface area (Å²) in [5.41, 5.74) is 2.46. The van der Waals surface area contributed by atoms with E-state index in [1.807, 2.05) is 49.4 Å². The summed E-state index contributed by atoms with van der Waals surface area (Å²) in [5.74, 6) is -0.122. The van der Waals surface area contributed by atoms with Crippen molar-refractivity contribution in [3.8, 4) is 0 Å². The molecule has 1 atom stereocenters. The molecule has 4 heteroatoms. The summed E-state index contributed by atoms with van der Waals surface area (Å²) in [4.78, 5) is 12.1. The highest BCUT2D eigenvalue weighted by molar-refractivity contribution is 6.04. The van der Waals surface area contributed by atoms with E-state index in [-0.39, 0.29) is 18.6 Å². The number of nitrogens with one attached hydrogen (secondary N) is 2. The molecule has 0 radical (unpaired) electrons. The number of aliphatic hydroxyl groups is 1. The molecule has 0 aliphatic rings. The highest BCUT2D eigenvalue weighted by Gasteiger charge is 2.08. The first-order valence-electron chi connectivity index (χ1n) is 7.01. The van der Waals surface area contributed by atoms with Crippen LogP contribution in [0.25, 0.3) is 0 Å². The molecule has 0 saturated carbocycles. The van der Waals surface area contributed by atoms with Crippen LogP contribution in [0, 0.1) is 0 Å². The molecule has 0 spiro atoms. The van der Waals surface area contributed by atoms with Crippen LogP contribution in [-0.2, 0) is 0 Å². The Morgan fingerprint density at radius 1 is 1.14 bits per heavy atom. The van der Waals surface area contributed by atoms with E-state index in [0.717, 1.165) is 11.3 Å². The van der Waals surface area contributed by atoms with E-state index in [1.54, 1.807) is 12.1 Å². The summed E-state index contributed by atoms with van der Waals surface area (Å²) >= 11 is 0. The summed E-state index contributed by atoms with van der Waals surface area (Å²) in [5, 5.41) is 14.9. The summed E-state index contributed by atoms with van der Waals surface area (Å²) in [7, 11) is 0. The molecule has 2 aromatic carbocycles. The zero-order valence-corrected chi connectivity index (χ0v) is 12.0. The van der Waals surface area contributed by atoms with Gasteiger partial charge in [-0.25, -0.2) is 0 Å². The van der Waals surface area contributed by atoms with E-state index in [2.05, 4.69) is 10.6 Å². The number of carbonyl (C=O) groups is 1. The Morgan fingerprint density at radius 2 is 1.90 bits per heavy atom. The van der Waals surface area contributed by atoms with Crippen molar-refractivity contribution in [2.24, 2.45) is 0 Å². The Hall–Kier alpha value is -2.17. The van der Waals surface area contributed by atoms with Crippen molar-refractivity contribution in [2.45, 2.75) is 13.0 Å². The first-order valence-corrected chi connectivity index (χ1v) is 7.01. The third kappa shape index (κ3) is 4.41. The number of amides is 1.